The highest BCUT2D eigenvalue weighted by Gasteiger charge is 2.37. The first-order valence-electron chi connectivity index (χ1n) is 9.58. The Morgan fingerprint density at radius 1 is 1.00 bits per heavy atom. The molecule has 0 spiro atoms. The first kappa shape index (κ1) is 17.6. The molecular formula is C23H25N3O. The predicted octanol–water partition coefficient (Wildman–Crippen LogP) is 3.42. The third-order valence-corrected chi connectivity index (χ3v) is 5.35. The van der Waals surface area contributed by atoms with E-state index in [0.717, 1.165) is 37.1 Å². The number of hydrogen-bond donors (Lipinski definition) is 1. The van der Waals surface area contributed by atoms with Gasteiger partial charge < -0.3 is 15.5 Å². The van der Waals surface area contributed by atoms with E-state index >= 15 is 0 Å². The van der Waals surface area contributed by atoms with Crippen molar-refractivity contribution in [3.63, 3.8) is 0 Å². The number of aldehydes is 1. The molecule has 2 aromatic rings. The fourth-order valence-electron chi connectivity index (χ4n) is 4.14. The van der Waals surface area contributed by atoms with Crippen LogP contribution in [0, 0.1) is 0 Å². The lowest BCUT2D eigenvalue weighted by molar-refractivity contribution is -0.106. The van der Waals surface area contributed by atoms with Crippen molar-refractivity contribution in [3.8, 4) is 0 Å². The van der Waals surface area contributed by atoms with Gasteiger partial charge in [0.05, 0.1) is 5.70 Å². The maximum atomic E-state index is 12.0. The first-order valence-corrected chi connectivity index (χ1v) is 9.58. The van der Waals surface area contributed by atoms with Crippen molar-refractivity contribution in [1.82, 2.24) is 4.90 Å². The second-order valence-electron chi connectivity index (χ2n) is 6.99. The Bertz CT molecular complexity index is 872. The van der Waals surface area contributed by atoms with E-state index < -0.39 is 0 Å². The van der Waals surface area contributed by atoms with E-state index in [-0.39, 0.29) is 5.92 Å². The van der Waals surface area contributed by atoms with Crippen LogP contribution >= 0.6 is 0 Å². The molecule has 4 heteroatoms. The molecule has 2 aliphatic heterocycles. The van der Waals surface area contributed by atoms with Gasteiger partial charge in [-0.15, -0.1) is 0 Å². The summed E-state index contributed by atoms with van der Waals surface area (Å²) in [6.45, 7) is 2.05. The van der Waals surface area contributed by atoms with Crippen LogP contribution in [-0.2, 0) is 11.2 Å². The van der Waals surface area contributed by atoms with Crippen LogP contribution in [0.3, 0.4) is 0 Å². The number of anilines is 1. The minimum absolute atomic E-state index is 0.146. The van der Waals surface area contributed by atoms with Gasteiger partial charge in [-0.2, -0.15) is 0 Å². The number of para-hydroxylation sites is 1. The van der Waals surface area contributed by atoms with Gasteiger partial charge in [0, 0.05) is 37.4 Å². The van der Waals surface area contributed by atoms with Crippen LogP contribution in [0.15, 0.2) is 78.3 Å². The molecular weight excluding hydrogens is 334 g/mol. The van der Waals surface area contributed by atoms with Gasteiger partial charge in [0.1, 0.15) is 5.70 Å². The van der Waals surface area contributed by atoms with Gasteiger partial charge >= 0.3 is 0 Å². The number of carbonyl (C=O) groups excluding carboxylic acids is 1. The van der Waals surface area contributed by atoms with Crippen LogP contribution in [0.25, 0.3) is 0 Å². The van der Waals surface area contributed by atoms with E-state index in [1.165, 1.54) is 16.8 Å². The van der Waals surface area contributed by atoms with Gasteiger partial charge in [-0.3, -0.25) is 4.79 Å². The SMILES string of the molecule is NCCN1C=CC2C(=C1C=O)N(CCCc1ccccc1)c1ccccc12. The Labute approximate surface area is 160 Å². The molecule has 2 N–H and O–H groups in total. The molecule has 0 aromatic heterocycles. The third-order valence-electron chi connectivity index (χ3n) is 5.35. The van der Waals surface area contributed by atoms with Crippen LogP contribution in [0.2, 0.25) is 0 Å². The summed E-state index contributed by atoms with van der Waals surface area (Å²) in [6, 6.07) is 19.0. The lowest BCUT2D eigenvalue weighted by Gasteiger charge is -2.32. The average Bonchev–Trinajstić information content (AvgIpc) is 3.03. The average molecular weight is 359 g/mol. The molecule has 2 heterocycles. The Kier molecular flexibility index (Phi) is 5.07. The smallest absolute Gasteiger partial charge is 0.168 e. The minimum atomic E-state index is 0.146. The Hall–Kier alpha value is -2.85. The zero-order valence-corrected chi connectivity index (χ0v) is 15.4. The third kappa shape index (κ3) is 3.28. The fourth-order valence-corrected chi connectivity index (χ4v) is 4.14. The monoisotopic (exact) mass is 359 g/mol. The van der Waals surface area contributed by atoms with Crippen molar-refractivity contribution in [2.45, 2.75) is 18.8 Å². The van der Waals surface area contributed by atoms with Gasteiger partial charge in [0.15, 0.2) is 6.29 Å². The summed E-state index contributed by atoms with van der Waals surface area (Å²) < 4.78 is 0. The number of aryl methyl sites for hydroxylation is 1. The van der Waals surface area contributed by atoms with E-state index in [1.54, 1.807) is 0 Å². The molecule has 0 fully saturated rings. The summed E-state index contributed by atoms with van der Waals surface area (Å²) in [5.41, 5.74) is 11.4. The summed E-state index contributed by atoms with van der Waals surface area (Å²) in [6.07, 6.45) is 7.23. The zero-order valence-electron chi connectivity index (χ0n) is 15.4. The summed E-state index contributed by atoms with van der Waals surface area (Å²) >= 11 is 0. The van der Waals surface area contributed by atoms with Crippen molar-refractivity contribution in [2.75, 3.05) is 24.5 Å². The van der Waals surface area contributed by atoms with E-state index in [4.69, 9.17) is 5.73 Å². The molecule has 0 aliphatic carbocycles. The van der Waals surface area contributed by atoms with Gasteiger partial charge in [-0.25, -0.2) is 0 Å². The Balaban J connectivity index is 1.64. The molecule has 0 radical (unpaired) electrons. The number of rotatable bonds is 7. The van der Waals surface area contributed by atoms with E-state index in [9.17, 15) is 4.79 Å². The maximum absolute atomic E-state index is 12.0. The lowest BCUT2D eigenvalue weighted by atomic mass is 9.95. The van der Waals surface area contributed by atoms with Gasteiger partial charge in [0.25, 0.3) is 0 Å². The summed E-state index contributed by atoms with van der Waals surface area (Å²) in [7, 11) is 0. The number of allylic oxidation sites excluding steroid dienone is 2. The highest BCUT2D eigenvalue weighted by molar-refractivity contribution is 5.82. The van der Waals surface area contributed by atoms with Crippen LogP contribution in [0.1, 0.15) is 23.5 Å². The van der Waals surface area contributed by atoms with Gasteiger partial charge in [-0.05, 0) is 30.0 Å². The normalized spacial score (nSPS) is 17.9. The Morgan fingerprint density at radius 2 is 1.78 bits per heavy atom. The molecule has 1 unspecified atom stereocenters. The molecule has 0 bridgehead atoms. The number of nitrogens with two attached hydrogens (primary N) is 1. The number of nitrogens with zero attached hydrogens (tertiary/aromatic N) is 2. The highest BCUT2D eigenvalue weighted by atomic mass is 16.1. The van der Waals surface area contributed by atoms with Crippen LogP contribution in [-0.4, -0.2) is 30.8 Å². The van der Waals surface area contributed by atoms with Crippen molar-refractivity contribution in [1.29, 1.82) is 0 Å². The lowest BCUT2D eigenvalue weighted by Crippen LogP contribution is -2.33. The summed E-state index contributed by atoms with van der Waals surface area (Å²) in [5.74, 6) is 0.146. The molecule has 2 aliphatic rings. The second kappa shape index (κ2) is 7.80. The second-order valence-corrected chi connectivity index (χ2v) is 6.99. The van der Waals surface area contributed by atoms with Crippen molar-refractivity contribution >= 4 is 12.0 Å². The van der Waals surface area contributed by atoms with Gasteiger partial charge in [-0.1, -0.05) is 54.6 Å². The summed E-state index contributed by atoms with van der Waals surface area (Å²) in [4.78, 5) is 16.3. The van der Waals surface area contributed by atoms with E-state index in [0.29, 0.717) is 13.1 Å². The molecule has 4 rings (SSSR count). The quantitative estimate of drug-likeness (QED) is 0.770. The minimum Gasteiger partial charge on any atom is -0.343 e. The standard InChI is InChI=1S/C23H25N3O/c24-13-16-25-15-12-20-19-10-4-5-11-21(19)26(23(20)22(25)17-27)14-6-9-18-7-2-1-3-8-18/h1-5,7-8,10-12,15,17,20H,6,9,13-14,16,24H2. The van der Waals surface area contributed by atoms with Crippen molar-refractivity contribution < 1.29 is 4.79 Å². The highest BCUT2D eigenvalue weighted by Crippen LogP contribution is 2.47. The van der Waals surface area contributed by atoms with Crippen molar-refractivity contribution in [3.05, 3.63) is 89.4 Å². The molecule has 0 saturated heterocycles. The van der Waals surface area contributed by atoms with E-state index in [1.807, 2.05) is 17.2 Å². The number of benzene rings is 2. The molecule has 0 amide bonds. The summed E-state index contributed by atoms with van der Waals surface area (Å²) in [5, 5.41) is 0. The topological polar surface area (TPSA) is 49.6 Å². The fraction of sp³-hybridized carbons (Fsp3) is 0.261. The molecule has 0 saturated carbocycles. The van der Waals surface area contributed by atoms with Crippen LogP contribution in [0.5, 0.6) is 0 Å². The molecule has 138 valence electrons. The van der Waals surface area contributed by atoms with E-state index in [2.05, 4.69) is 59.5 Å². The van der Waals surface area contributed by atoms with Crippen molar-refractivity contribution in [2.24, 2.45) is 5.73 Å². The van der Waals surface area contributed by atoms with Crippen LogP contribution in [0.4, 0.5) is 5.69 Å². The molecule has 4 nitrogen and oxygen atoms in total. The predicted molar refractivity (Wildman–Crippen MR) is 109 cm³/mol. The molecule has 27 heavy (non-hydrogen) atoms. The molecule has 1 atom stereocenters. The first-order chi connectivity index (χ1) is 13.3. The number of fused-ring (bicyclic) bond motifs is 3. The molecule has 2 aromatic carbocycles. The van der Waals surface area contributed by atoms with Crippen LogP contribution < -0.4 is 10.6 Å². The maximum Gasteiger partial charge on any atom is 0.168 e. The number of hydrogen-bond acceptors (Lipinski definition) is 4. The van der Waals surface area contributed by atoms with Gasteiger partial charge in [0.2, 0.25) is 0 Å². The zero-order chi connectivity index (χ0) is 18.6. The Morgan fingerprint density at radius 3 is 2.56 bits per heavy atom. The number of carbonyl (C=O) groups is 1. The largest absolute Gasteiger partial charge is 0.343 e.